The largest absolute Gasteiger partial charge is 0.408 e. The molecule has 3 heterocycles. The average Bonchev–Trinajstić information content (AvgIpc) is 3.18. The van der Waals surface area contributed by atoms with Crippen molar-refractivity contribution in [2.75, 3.05) is 0 Å². The maximum atomic E-state index is 13.1. The molecular formula is C21H19ClF3N5. The van der Waals surface area contributed by atoms with Crippen molar-refractivity contribution in [1.82, 2.24) is 24.4 Å². The van der Waals surface area contributed by atoms with Crippen molar-refractivity contribution in [3.05, 3.63) is 58.6 Å². The minimum absolute atomic E-state index is 0.0363. The lowest BCUT2D eigenvalue weighted by Gasteiger charge is -2.08. The highest BCUT2D eigenvalue weighted by Gasteiger charge is 2.41. The number of halogens is 4. The molecule has 1 saturated carbocycles. The first kappa shape index (κ1) is 19.4. The van der Waals surface area contributed by atoms with Crippen molar-refractivity contribution >= 4 is 28.2 Å². The molecule has 1 aromatic carbocycles. The Morgan fingerprint density at radius 2 is 1.97 bits per heavy atom. The second-order valence-corrected chi connectivity index (χ2v) is 8.54. The Bertz CT molecular complexity index is 1260. The van der Waals surface area contributed by atoms with Crippen LogP contribution in [0, 0.1) is 0 Å². The number of benzene rings is 1. The summed E-state index contributed by atoms with van der Waals surface area (Å²) in [6.07, 6.45) is -0.0176. The van der Waals surface area contributed by atoms with Crippen LogP contribution in [-0.2, 0) is 6.54 Å². The Morgan fingerprint density at radius 3 is 2.70 bits per heavy atom. The smallest absolute Gasteiger partial charge is 0.255 e. The van der Waals surface area contributed by atoms with Gasteiger partial charge in [-0.05, 0) is 41.9 Å². The van der Waals surface area contributed by atoms with Crippen molar-refractivity contribution in [1.29, 1.82) is 0 Å². The zero-order chi connectivity index (χ0) is 21.2. The highest BCUT2D eigenvalue weighted by atomic mass is 35.5. The fraction of sp³-hybridized carbons (Fsp3) is 0.381. The van der Waals surface area contributed by atoms with Gasteiger partial charge in [-0.15, -0.1) is 0 Å². The molecule has 30 heavy (non-hydrogen) atoms. The summed E-state index contributed by atoms with van der Waals surface area (Å²) in [5.41, 5.74) is 3.99. The van der Waals surface area contributed by atoms with Crippen LogP contribution in [0.2, 0.25) is 5.15 Å². The van der Waals surface area contributed by atoms with Gasteiger partial charge in [-0.1, -0.05) is 37.6 Å². The number of hydrogen-bond donors (Lipinski definition) is 0. The van der Waals surface area contributed by atoms with E-state index in [1.807, 2.05) is 38.1 Å². The summed E-state index contributed by atoms with van der Waals surface area (Å²) in [7, 11) is 0. The maximum Gasteiger partial charge on any atom is 0.408 e. The van der Waals surface area contributed by atoms with Gasteiger partial charge in [-0.3, -0.25) is 4.68 Å². The normalized spacial score (nSPS) is 19.3. The van der Waals surface area contributed by atoms with E-state index in [1.54, 1.807) is 16.9 Å². The van der Waals surface area contributed by atoms with E-state index in [-0.39, 0.29) is 17.8 Å². The fourth-order valence-corrected chi connectivity index (χ4v) is 4.45. The first-order valence-electron chi connectivity index (χ1n) is 9.78. The van der Waals surface area contributed by atoms with Crippen molar-refractivity contribution in [2.45, 2.75) is 50.7 Å². The van der Waals surface area contributed by atoms with E-state index in [0.717, 1.165) is 33.3 Å². The van der Waals surface area contributed by atoms with Crippen LogP contribution in [-0.4, -0.2) is 30.6 Å². The molecule has 0 radical (unpaired) electrons. The summed E-state index contributed by atoms with van der Waals surface area (Å²) < 4.78 is 42.0. The molecule has 0 spiro atoms. The Hall–Kier alpha value is -2.61. The highest BCUT2D eigenvalue weighted by molar-refractivity contribution is 6.29. The van der Waals surface area contributed by atoms with E-state index in [9.17, 15) is 13.2 Å². The molecule has 0 saturated heterocycles. The number of hydrogen-bond acceptors (Lipinski definition) is 3. The van der Waals surface area contributed by atoms with E-state index in [1.165, 1.54) is 0 Å². The summed E-state index contributed by atoms with van der Waals surface area (Å²) in [6.45, 7) is 2.78. The number of alkyl halides is 3. The van der Waals surface area contributed by atoms with Gasteiger partial charge in [-0.2, -0.15) is 23.4 Å². The Labute approximate surface area is 175 Å². The van der Waals surface area contributed by atoms with E-state index in [2.05, 4.69) is 15.2 Å². The van der Waals surface area contributed by atoms with Gasteiger partial charge in [-0.25, -0.2) is 9.50 Å². The number of rotatable bonds is 4. The second kappa shape index (κ2) is 6.70. The zero-order valence-corrected chi connectivity index (χ0v) is 17.1. The number of nitrogens with zero attached hydrogens (tertiary/aromatic N) is 5. The molecule has 1 fully saturated rings. The van der Waals surface area contributed by atoms with Crippen LogP contribution in [0.25, 0.3) is 16.6 Å². The van der Waals surface area contributed by atoms with Crippen LogP contribution in [0.4, 0.5) is 13.2 Å². The van der Waals surface area contributed by atoms with E-state index >= 15 is 0 Å². The fourth-order valence-electron chi connectivity index (χ4n) is 4.25. The van der Waals surface area contributed by atoms with Gasteiger partial charge >= 0.3 is 6.18 Å². The molecule has 4 aromatic rings. The first-order chi connectivity index (χ1) is 14.2. The van der Waals surface area contributed by atoms with Crippen molar-refractivity contribution in [3.63, 3.8) is 0 Å². The molecule has 0 N–H and O–H groups in total. The summed E-state index contributed by atoms with van der Waals surface area (Å²) in [5.74, 6) is 0.440. The molecule has 5 nitrogen and oxygen atoms in total. The number of imidazole rings is 1. The predicted molar refractivity (Wildman–Crippen MR) is 108 cm³/mol. The van der Waals surface area contributed by atoms with E-state index in [4.69, 9.17) is 11.6 Å². The monoisotopic (exact) mass is 433 g/mol. The van der Waals surface area contributed by atoms with E-state index < -0.39 is 12.7 Å². The lowest BCUT2D eigenvalue weighted by molar-refractivity contribution is -0.141. The number of aromatic nitrogens is 5. The predicted octanol–water partition coefficient (Wildman–Crippen LogP) is 5.69. The van der Waals surface area contributed by atoms with Gasteiger partial charge in [0.15, 0.2) is 5.65 Å². The molecule has 5 rings (SSSR count). The highest BCUT2D eigenvalue weighted by Crippen LogP contribution is 2.56. The van der Waals surface area contributed by atoms with Crippen molar-refractivity contribution in [2.24, 2.45) is 0 Å². The molecule has 156 valence electrons. The van der Waals surface area contributed by atoms with Crippen molar-refractivity contribution in [3.8, 4) is 0 Å². The Balaban J connectivity index is 1.54. The Kier molecular flexibility index (Phi) is 4.32. The van der Waals surface area contributed by atoms with Crippen LogP contribution in [0.1, 0.15) is 54.8 Å². The third-order valence-electron chi connectivity index (χ3n) is 5.66. The first-order valence-corrected chi connectivity index (χ1v) is 10.2. The minimum atomic E-state index is -4.33. The van der Waals surface area contributed by atoms with Crippen LogP contribution in [0.15, 0.2) is 36.7 Å². The van der Waals surface area contributed by atoms with Gasteiger partial charge in [0.2, 0.25) is 0 Å². The summed E-state index contributed by atoms with van der Waals surface area (Å²) in [5, 5.41) is 9.65. The maximum absolute atomic E-state index is 13.1. The summed E-state index contributed by atoms with van der Waals surface area (Å²) in [4.78, 5) is 4.38. The molecule has 0 amide bonds. The second-order valence-electron chi connectivity index (χ2n) is 8.16. The zero-order valence-electron chi connectivity index (χ0n) is 16.4. The minimum Gasteiger partial charge on any atom is -0.255 e. The molecule has 2 atom stereocenters. The molecule has 3 aromatic heterocycles. The van der Waals surface area contributed by atoms with E-state index in [0.29, 0.717) is 16.4 Å². The summed E-state index contributed by atoms with van der Waals surface area (Å²) in [6, 6.07) is 7.60. The lowest BCUT2D eigenvalue weighted by atomic mass is 10.0. The summed E-state index contributed by atoms with van der Waals surface area (Å²) >= 11 is 6.16. The average molecular weight is 434 g/mol. The van der Waals surface area contributed by atoms with Gasteiger partial charge < -0.3 is 0 Å². The quantitative estimate of drug-likeness (QED) is 0.415. The van der Waals surface area contributed by atoms with Gasteiger partial charge in [0.1, 0.15) is 11.7 Å². The molecule has 1 aliphatic carbocycles. The Morgan fingerprint density at radius 1 is 1.17 bits per heavy atom. The molecule has 1 aliphatic rings. The van der Waals surface area contributed by atoms with Crippen LogP contribution in [0.5, 0.6) is 0 Å². The molecule has 9 heteroatoms. The standard InChI is InChI=1S/C21H19ClF3N5/c1-11(2)19-13-4-3-12(7-17(13)30(28-19)10-21(23,24)25)14-8-15(14)16-9-18(22)27-29-6-5-26-20(16)29/h3-7,9,11,14-15H,8,10H2,1-2H3. The third kappa shape index (κ3) is 3.33. The van der Waals surface area contributed by atoms with Crippen LogP contribution in [0.3, 0.4) is 0 Å². The van der Waals surface area contributed by atoms with Crippen LogP contribution >= 0.6 is 11.6 Å². The topological polar surface area (TPSA) is 48.0 Å². The van der Waals surface area contributed by atoms with Crippen molar-refractivity contribution < 1.29 is 13.2 Å². The molecule has 0 aliphatic heterocycles. The lowest BCUT2D eigenvalue weighted by Crippen LogP contribution is -2.18. The van der Waals surface area contributed by atoms with Gasteiger partial charge in [0.05, 0.1) is 11.2 Å². The SMILES string of the molecule is CC(C)c1nn(CC(F)(F)F)c2cc(C3CC3c3cc(Cl)nn4ccnc34)ccc12. The third-order valence-corrected chi connectivity index (χ3v) is 5.84. The molecular weight excluding hydrogens is 415 g/mol. The number of fused-ring (bicyclic) bond motifs is 2. The van der Waals surface area contributed by atoms with Crippen LogP contribution < -0.4 is 0 Å². The molecule has 0 bridgehead atoms. The molecule has 2 unspecified atom stereocenters. The van der Waals surface area contributed by atoms with Gasteiger partial charge in [0.25, 0.3) is 0 Å². The van der Waals surface area contributed by atoms with Gasteiger partial charge in [0, 0.05) is 23.3 Å².